The summed E-state index contributed by atoms with van der Waals surface area (Å²) in [7, 11) is 0. The number of ether oxygens (including phenoxy) is 1. The summed E-state index contributed by atoms with van der Waals surface area (Å²) in [6, 6.07) is 0. The van der Waals surface area contributed by atoms with Gasteiger partial charge in [0.2, 0.25) is 0 Å². The Hall–Kier alpha value is -2.18. The lowest BCUT2D eigenvalue weighted by molar-refractivity contribution is 0.0693. The van der Waals surface area contributed by atoms with E-state index in [1.807, 2.05) is 0 Å². The number of amides is 1. The molecule has 1 amide bonds. The van der Waals surface area contributed by atoms with Crippen molar-refractivity contribution in [2.45, 2.75) is 6.54 Å². The highest BCUT2D eigenvalue weighted by Gasteiger charge is 2.24. The smallest absolute Gasteiger partial charge is 0.410 e. The molecule has 0 aliphatic carbocycles. The van der Waals surface area contributed by atoms with E-state index in [1.165, 1.54) is 17.4 Å². The number of hydrogen-bond donors (Lipinski definition) is 1. The zero-order chi connectivity index (χ0) is 11.5. The van der Waals surface area contributed by atoms with Gasteiger partial charge in [0.25, 0.3) is 0 Å². The van der Waals surface area contributed by atoms with E-state index in [0.717, 1.165) is 0 Å². The molecule has 1 N–H and O–H groups in total. The first-order valence-electron chi connectivity index (χ1n) is 4.62. The van der Waals surface area contributed by atoms with Crippen LogP contribution >= 0.6 is 0 Å². The van der Waals surface area contributed by atoms with Gasteiger partial charge in [-0.2, -0.15) is 0 Å². The average molecular weight is 223 g/mol. The zero-order valence-corrected chi connectivity index (χ0v) is 8.29. The highest BCUT2D eigenvalue weighted by Crippen LogP contribution is 2.11. The Kier molecular flexibility index (Phi) is 2.67. The van der Waals surface area contributed by atoms with Gasteiger partial charge in [0.05, 0.1) is 18.8 Å². The summed E-state index contributed by atoms with van der Waals surface area (Å²) in [5.74, 6) is -1.11. The molecule has 7 nitrogen and oxygen atoms in total. The van der Waals surface area contributed by atoms with E-state index in [-0.39, 0.29) is 12.1 Å². The molecule has 16 heavy (non-hydrogen) atoms. The minimum Gasteiger partial charge on any atom is -0.478 e. The fourth-order valence-corrected chi connectivity index (χ4v) is 1.41. The molecule has 7 heteroatoms. The van der Waals surface area contributed by atoms with Crippen LogP contribution in [0.25, 0.3) is 0 Å². The van der Waals surface area contributed by atoms with E-state index >= 15 is 0 Å². The minimum atomic E-state index is -1.11. The van der Waals surface area contributed by atoms with Crippen LogP contribution in [0.4, 0.5) is 4.79 Å². The number of carboxylic acids is 1. The van der Waals surface area contributed by atoms with E-state index in [4.69, 9.17) is 9.84 Å². The molecule has 84 valence electrons. The summed E-state index contributed by atoms with van der Waals surface area (Å²) in [4.78, 5) is 30.9. The van der Waals surface area contributed by atoms with Crippen LogP contribution in [0.3, 0.4) is 0 Å². The van der Waals surface area contributed by atoms with Crippen molar-refractivity contribution in [3.8, 4) is 0 Å². The number of carbonyl (C=O) groups excluding carboxylic acids is 1. The topological polar surface area (TPSA) is 92.6 Å². The van der Waals surface area contributed by atoms with Gasteiger partial charge < -0.3 is 9.84 Å². The quantitative estimate of drug-likeness (QED) is 0.782. The lowest BCUT2D eigenvalue weighted by Crippen LogP contribution is -2.25. The van der Waals surface area contributed by atoms with Crippen molar-refractivity contribution in [3.05, 3.63) is 23.8 Å². The van der Waals surface area contributed by atoms with Crippen LogP contribution in [0, 0.1) is 0 Å². The Morgan fingerprint density at radius 3 is 3.06 bits per heavy atom. The molecule has 0 aromatic carbocycles. The van der Waals surface area contributed by atoms with Crippen molar-refractivity contribution in [2.75, 3.05) is 13.2 Å². The van der Waals surface area contributed by atoms with Gasteiger partial charge in [0.1, 0.15) is 18.5 Å². The summed E-state index contributed by atoms with van der Waals surface area (Å²) in [6.45, 7) is 0.900. The van der Waals surface area contributed by atoms with Gasteiger partial charge in [-0.1, -0.05) is 0 Å². The Morgan fingerprint density at radius 1 is 1.62 bits per heavy atom. The fraction of sp³-hybridized carbons (Fsp3) is 0.333. The number of aromatic nitrogens is 2. The van der Waals surface area contributed by atoms with Gasteiger partial charge in [-0.05, 0) is 0 Å². The number of carboxylic acid groups (broad SMARTS) is 1. The maximum atomic E-state index is 11.2. The largest absolute Gasteiger partial charge is 0.478 e. The van der Waals surface area contributed by atoms with Gasteiger partial charge in [-0.3, -0.25) is 4.90 Å². The highest BCUT2D eigenvalue weighted by molar-refractivity contribution is 5.88. The number of aromatic carboxylic acids is 1. The first-order valence-corrected chi connectivity index (χ1v) is 4.62. The van der Waals surface area contributed by atoms with Crippen molar-refractivity contribution in [1.82, 2.24) is 14.9 Å². The van der Waals surface area contributed by atoms with Crippen LogP contribution in [0.2, 0.25) is 0 Å². The summed E-state index contributed by atoms with van der Waals surface area (Å²) in [5, 5.41) is 8.89. The molecule has 0 unspecified atom stereocenters. The molecule has 0 atom stereocenters. The Morgan fingerprint density at radius 2 is 2.44 bits per heavy atom. The molecule has 2 heterocycles. The molecule has 2 rings (SSSR count). The van der Waals surface area contributed by atoms with E-state index in [0.29, 0.717) is 18.8 Å². The Balaban J connectivity index is 2.20. The van der Waals surface area contributed by atoms with E-state index < -0.39 is 12.1 Å². The Labute approximate surface area is 90.7 Å². The van der Waals surface area contributed by atoms with Crippen LogP contribution in [-0.4, -0.2) is 45.2 Å². The second kappa shape index (κ2) is 4.13. The van der Waals surface area contributed by atoms with E-state index in [9.17, 15) is 9.59 Å². The second-order valence-corrected chi connectivity index (χ2v) is 3.22. The van der Waals surface area contributed by atoms with Crippen molar-refractivity contribution >= 4 is 12.1 Å². The summed E-state index contributed by atoms with van der Waals surface area (Å²) in [5.41, 5.74) is 0.309. The van der Waals surface area contributed by atoms with Gasteiger partial charge in [-0.25, -0.2) is 19.6 Å². The number of carbonyl (C=O) groups is 2. The number of hydrogen-bond acceptors (Lipinski definition) is 5. The average Bonchev–Trinajstić information content (AvgIpc) is 2.65. The molecule has 1 aromatic heterocycles. The highest BCUT2D eigenvalue weighted by atomic mass is 16.6. The SMILES string of the molecule is O=C(O)c1cncnc1CN1CCOC1=O. The third kappa shape index (κ3) is 1.92. The molecule has 0 radical (unpaired) electrons. The molecule has 1 aromatic rings. The van der Waals surface area contributed by atoms with Gasteiger partial charge >= 0.3 is 12.1 Å². The monoisotopic (exact) mass is 223 g/mol. The van der Waals surface area contributed by atoms with E-state index in [1.54, 1.807) is 0 Å². The Bertz CT molecular complexity index is 435. The standard InChI is InChI=1S/C9H9N3O4/c13-8(14)6-3-10-5-11-7(6)4-12-1-2-16-9(12)15/h3,5H,1-2,4H2,(H,13,14). The first kappa shape index (κ1) is 10.3. The van der Waals surface area contributed by atoms with Crippen molar-refractivity contribution in [1.29, 1.82) is 0 Å². The number of rotatable bonds is 3. The summed E-state index contributed by atoms with van der Waals surface area (Å²) >= 11 is 0. The first-order chi connectivity index (χ1) is 7.68. The van der Waals surface area contributed by atoms with Crippen LogP contribution in [0.1, 0.15) is 16.1 Å². The molecule has 0 saturated carbocycles. The second-order valence-electron chi connectivity index (χ2n) is 3.22. The molecule has 0 bridgehead atoms. The summed E-state index contributed by atoms with van der Waals surface area (Å²) in [6.07, 6.45) is 2.02. The zero-order valence-electron chi connectivity index (χ0n) is 8.29. The van der Waals surface area contributed by atoms with Crippen molar-refractivity contribution < 1.29 is 19.4 Å². The lowest BCUT2D eigenvalue weighted by atomic mass is 10.2. The van der Waals surface area contributed by atoms with Gasteiger partial charge in [-0.15, -0.1) is 0 Å². The molecule has 1 fully saturated rings. The molecular formula is C9H9N3O4. The lowest BCUT2D eigenvalue weighted by Gasteiger charge is -2.12. The van der Waals surface area contributed by atoms with Crippen LogP contribution in [0.15, 0.2) is 12.5 Å². The van der Waals surface area contributed by atoms with Crippen LogP contribution in [0.5, 0.6) is 0 Å². The molecule has 1 saturated heterocycles. The summed E-state index contributed by atoms with van der Waals surface area (Å²) < 4.78 is 4.73. The van der Waals surface area contributed by atoms with Crippen LogP contribution < -0.4 is 0 Å². The maximum Gasteiger partial charge on any atom is 0.410 e. The number of nitrogens with zero attached hydrogens (tertiary/aromatic N) is 3. The minimum absolute atomic E-state index is 0.00204. The molecule has 0 spiro atoms. The van der Waals surface area contributed by atoms with Crippen molar-refractivity contribution in [2.24, 2.45) is 0 Å². The third-order valence-corrected chi connectivity index (χ3v) is 2.21. The molecule has 1 aliphatic rings. The predicted molar refractivity (Wildman–Crippen MR) is 50.7 cm³/mol. The number of cyclic esters (lactones) is 1. The molecular weight excluding hydrogens is 214 g/mol. The fourth-order valence-electron chi connectivity index (χ4n) is 1.41. The normalized spacial score (nSPS) is 15.0. The van der Waals surface area contributed by atoms with Crippen molar-refractivity contribution in [3.63, 3.8) is 0 Å². The third-order valence-electron chi connectivity index (χ3n) is 2.21. The molecule has 1 aliphatic heterocycles. The van der Waals surface area contributed by atoms with Gasteiger partial charge in [0.15, 0.2) is 0 Å². The maximum absolute atomic E-state index is 11.2. The van der Waals surface area contributed by atoms with Crippen LogP contribution in [-0.2, 0) is 11.3 Å². The van der Waals surface area contributed by atoms with E-state index in [2.05, 4.69) is 9.97 Å². The predicted octanol–water partition coefficient (Wildman–Crippen LogP) is 0.127. The van der Waals surface area contributed by atoms with Gasteiger partial charge in [0, 0.05) is 6.20 Å².